The first kappa shape index (κ1) is 21.1. The Hall–Kier alpha value is -2.22. The molecule has 8 heteroatoms. The fourth-order valence-electron chi connectivity index (χ4n) is 3.51. The lowest BCUT2D eigenvalue weighted by Crippen LogP contribution is -2.47. The summed E-state index contributed by atoms with van der Waals surface area (Å²) >= 11 is 0. The Morgan fingerprint density at radius 2 is 1.93 bits per heavy atom. The van der Waals surface area contributed by atoms with Crippen LogP contribution in [-0.4, -0.2) is 29.0 Å². The molecule has 3 unspecified atom stereocenters. The fourth-order valence-corrected chi connectivity index (χ4v) is 3.51. The van der Waals surface area contributed by atoms with Gasteiger partial charge in [-0.1, -0.05) is 23.8 Å². The lowest BCUT2D eigenvalue weighted by molar-refractivity contribution is -0.137. The van der Waals surface area contributed by atoms with Gasteiger partial charge in [0.15, 0.2) is 0 Å². The van der Waals surface area contributed by atoms with Crippen molar-refractivity contribution in [2.24, 2.45) is 11.7 Å². The van der Waals surface area contributed by atoms with Crippen LogP contribution in [0.1, 0.15) is 30.0 Å². The first-order valence-electron chi connectivity index (χ1n) is 8.19. The third kappa shape index (κ3) is 4.05. The summed E-state index contributed by atoms with van der Waals surface area (Å²) in [4.78, 5) is 10.9. The van der Waals surface area contributed by atoms with Crippen LogP contribution in [0.2, 0.25) is 0 Å². The molecule has 27 heavy (non-hydrogen) atoms. The molecule has 1 aromatic carbocycles. The first-order chi connectivity index (χ1) is 12.3. The van der Waals surface area contributed by atoms with Gasteiger partial charge in [0.05, 0.1) is 17.9 Å². The molecule has 0 heterocycles. The lowest BCUT2D eigenvalue weighted by atomic mass is 9.70. The van der Waals surface area contributed by atoms with Gasteiger partial charge in [0.1, 0.15) is 11.5 Å². The molecule has 0 bridgehead atoms. The molecule has 3 N–H and O–H groups in total. The van der Waals surface area contributed by atoms with Gasteiger partial charge in [0, 0.05) is 6.04 Å². The van der Waals surface area contributed by atoms with Gasteiger partial charge in [0.25, 0.3) is 0 Å². The van der Waals surface area contributed by atoms with E-state index in [4.69, 9.17) is 10.8 Å². The van der Waals surface area contributed by atoms with Crippen molar-refractivity contribution >= 4 is 11.5 Å². The van der Waals surface area contributed by atoms with E-state index in [1.54, 1.807) is 26.0 Å². The molecule has 148 valence electrons. The van der Waals surface area contributed by atoms with Gasteiger partial charge in [-0.3, -0.25) is 4.79 Å². The summed E-state index contributed by atoms with van der Waals surface area (Å²) in [6.45, 7) is 4.30. The second-order valence-corrected chi connectivity index (χ2v) is 6.95. The van der Waals surface area contributed by atoms with Crippen LogP contribution in [0.25, 0.3) is 5.57 Å². The topological polar surface area (TPSA) is 63.3 Å². The molecule has 1 aliphatic carbocycles. The minimum atomic E-state index is -5.08. The second-order valence-electron chi connectivity index (χ2n) is 6.95. The molecule has 1 aliphatic rings. The predicted octanol–water partition coefficient (Wildman–Crippen LogP) is 4.63. The Kier molecular flexibility index (Phi) is 5.52. The number of carboxylic acids is 1. The number of aliphatic carboxylic acids is 1. The van der Waals surface area contributed by atoms with E-state index < -0.39 is 47.6 Å². The van der Waals surface area contributed by atoms with E-state index in [1.165, 1.54) is 6.07 Å². The maximum atomic E-state index is 15.7. The number of benzene rings is 1. The summed E-state index contributed by atoms with van der Waals surface area (Å²) < 4.78 is 70.5. The summed E-state index contributed by atoms with van der Waals surface area (Å²) in [5.74, 6) is -5.32. The SMILES string of the molecule is Cc1ccc(C2=CC(C(F)(F)F)=C(F)C(C(N)CC(=O)O)C2(C)F)c(C)c1. The minimum absolute atomic E-state index is 0.187. The molecule has 0 radical (unpaired) electrons. The zero-order valence-electron chi connectivity index (χ0n) is 15.0. The van der Waals surface area contributed by atoms with Crippen molar-refractivity contribution < 1.29 is 31.9 Å². The summed E-state index contributed by atoms with van der Waals surface area (Å²) in [6.07, 6.45) is -5.49. The van der Waals surface area contributed by atoms with E-state index in [0.29, 0.717) is 11.6 Å². The third-order valence-corrected chi connectivity index (χ3v) is 4.75. The lowest BCUT2D eigenvalue weighted by Gasteiger charge is -2.39. The Labute approximate surface area is 153 Å². The van der Waals surface area contributed by atoms with E-state index in [9.17, 15) is 22.4 Å². The van der Waals surface area contributed by atoms with E-state index in [2.05, 4.69) is 0 Å². The number of nitrogens with two attached hydrogens (primary N) is 1. The molecule has 1 aromatic rings. The van der Waals surface area contributed by atoms with E-state index >= 15 is 4.39 Å². The number of hydrogen-bond acceptors (Lipinski definition) is 2. The summed E-state index contributed by atoms with van der Waals surface area (Å²) in [5, 5.41) is 8.88. The summed E-state index contributed by atoms with van der Waals surface area (Å²) in [6, 6.07) is 3.06. The molecule has 0 amide bonds. The van der Waals surface area contributed by atoms with Gasteiger partial charge < -0.3 is 10.8 Å². The van der Waals surface area contributed by atoms with Crippen LogP contribution >= 0.6 is 0 Å². The van der Waals surface area contributed by atoms with Crippen LogP contribution in [0, 0.1) is 19.8 Å². The highest BCUT2D eigenvalue weighted by Gasteiger charge is 2.52. The fraction of sp³-hybridized carbons (Fsp3) is 0.421. The molecule has 2 rings (SSSR count). The highest BCUT2D eigenvalue weighted by Crippen LogP contribution is 2.51. The van der Waals surface area contributed by atoms with Crippen LogP contribution in [0.15, 0.2) is 35.7 Å². The average molecular weight is 389 g/mol. The van der Waals surface area contributed by atoms with Gasteiger partial charge in [-0.2, -0.15) is 13.2 Å². The smallest absolute Gasteiger partial charge is 0.418 e. The zero-order chi connectivity index (χ0) is 20.7. The maximum absolute atomic E-state index is 15.7. The van der Waals surface area contributed by atoms with Crippen molar-refractivity contribution in [2.45, 2.75) is 45.1 Å². The van der Waals surface area contributed by atoms with Crippen LogP contribution < -0.4 is 5.73 Å². The van der Waals surface area contributed by atoms with Crippen molar-refractivity contribution in [3.05, 3.63) is 52.4 Å². The highest BCUT2D eigenvalue weighted by atomic mass is 19.4. The van der Waals surface area contributed by atoms with Gasteiger partial charge in [-0.05, 0) is 43.5 Å². The largest absolute Gasteiger partial charge is 0.481 e. The molecular formula is C19H20F5NO2. The number of hydrogen-bond donors (Lipinski definition) is 2. The predicted molar refractivity (Wildman–Crippen MR) is 91.3 cm³/mol. The molecule has 0 saturated heterocycles. The Balaban J connectivity index is 2.73. The van der Waals surface area contributed by atoms with Gasteiger partial charge >= 0.3 is 12.1 Å². The van der Waals surface area contributed by atoms with Gasteiger partial charge in [-0.25, -0.2) is 8.78 Å². The number of rotatable bonds is 4. The molecule has 0 fully saturated rings. The molecule has 0 saturated carbocycles. The van der Waals surface area contributed by atoms with Crippen molar-refractivity contribution in [2.75, 3.05) is 0 Å². The van der Waals surface area contributed by atoms with E-state index in [-0.39, 0.29) is 11.1 Å². The normalized spacial score (nSPS) is 24.6. The summed E-state index contributed by atoms with van der Waals surface area (Å²) in [7, 11) is 0. The highest BCUT2D eigenvalue weighted by molar-refractivity contribution is 5.79. The number of aryl methyl sites for hydroxylation is 2. The molecule has 0 aliphatic heterocycles. The second kappa shape index (κ2) is 7.07. The first-order valence-corrected chi connectivity index (χ1v) is 8.19. The quantitative estimate of drug-likeness (QED) is 0.738. The molecule has 3 atom stereocenters. The van der Waals surface area contributed by atoms with Crippen molar-refractivity contribution in [1.29, 1.82) is 0 Å². The number of allylic oxidation sites excluding steroid dienone is 3. The number of alkyl halides is 4. The molecular weight excluding hydrogens is 369 g/mol. The van der Waals surface area contributed by atoms with Gasteiger partial charge in [0.2, 0.25) is 0 Å². The maximum Gasteiger partial charge on any atom is 0.418 e. The summed E-state index contributed by atoms with van der Waals surface area (Å²) in [5.41, 5.74) is 2.51. The van der Waals surface area contributed by atoms with Gasteiger partial charge in [-0.15, -0.1) is 0 Å². The van der Waals surface area contributed by atoms with Crippen LogP contribution in [-0.2, 0) is 4.79 Å². The monoisotopic (exact) mass is 389 g/mol. The van der Waals surface area contributed by atoms with Crippen LogP contribution in [0.4, 0.5) is 22.0 Å². The van der Waals surface area contributed by atoms with Crippen LogP contribution in [0.5, 0.6) is 0 Å². The molecule has 0 spiro atoms. The zero-order valence-corrected chi connectivity index (χ0v) is 15.0. The van der Waals surface area contributed by atoms with Crippen molar-refractivity contribution in [1.82, 2.24) is 0 Å². The molecule has 0 aromatic heterocycles. The Morgan fingerprint density at radius 1 is 1.33 bits per heavy atom. The number of carboxylic acid groups (broad SMARTS) is 1. The standard InChI is InChI=1S/C19H20F5NO2/c1-9-4-5-11(10(2)6-9)12-7-13(19(22,23)24)17(20)16(18(12,3)21)14(25)8-15(26)27/h4-7,14,16H,8,25H2,1-3H3,(H,26,27). The minimum Gasteiger partial charge on any atom is -0.481 e. The molecule has 3 nitrogen and oxygen atoms in total. The van der Waals surface area contributed by atoms with Crippen molar-refractivity contribution in [3.63, 3.8) is 0 Å². The Bertz CT molecular complexity index is 824. The number of carbonyl (C=O) groups is 1. The Morgan fingerprint density at radius 3 is 2.41 bits per heavy atom. The average Bonchev–Trinajstić information content (AvgIpc) is 2.45. The van der Waals surface area contributed by atoms with E-state index in [1.807, 2.05) is 0 Å². The third-order valence-electron chi connectivity index (χ3n) is 4.75. The van der Waals surface area contributed by atoms with Crippen LogP contribution in [0.3, 0.4) is 0 Å². The van der Waals surface area contributed by atoms with E-state index in [0.717, 1.165) is 12.5 Å². The number of halogens is 5. The van der Waals surface area contributed by atoms with Crippen molar-refractivity contribution in [3.8, 4) is 0 Å².